The highest BCUT2D eigenvalue weighted by Gasteiger charge is 2.14. The van der Waals surface area contributed by atoms with E-state index in [0.29, 0.717) is 22.4 Å². The maximum Gasteiger partial charge on any atom is 0.261 e. The average Bonchev–Trinajstić information content (AvgIpc) is 3.39. The Labute approximate surface area is 175 Å². The topological polar surface area (TPSA) is 107 Å². The summed E-state index contributed by atoms with van der Waals surface area (Å²) in [4.78, 5) is 31.6. The van der Waals surface area contributed by atoms with E-state index in [-0.39, 0.29) is 18.0 Å². The number of nitrogens with one attached hydrogen (secondary N) is 2. The number of nitrogens with zero attached hydrogens (tertiary/aromatic N) is 4. The SMILES string of the molecule is COc1ccc2c(ccn2CC(=O)Nc2ccccc2-n2ncc3c(=O)[nH]cnc32)c1. The molecule has 2 N–H and O–H groups in total. The van der Waals surface area contributed by atoms with Crippen LogP contribution in [0.3, 0.4) is 0 Å². The second-order valence-electron chi connectivity index (χ2n) is 6.96. The van der Waals surface area contributed by atoms with E-state index in [2.05, 4.69) is 20.4 Å². The van der Waals surface area contributed by atoms with E-state index in [1.807, 2.05) is 53.2 Å². The summed E-state index contributed by atoms with van der Waals surface area (Å²) in [6.45, 7) is 0.141. The van der Waals surface area contributed by atoms with E-state index in [4.69, 9.17) is 4.74 Å². The van der Waals surface area contributed by atoms with Crippen LogP contribution in [0.25, 0.3) is 27.6 Å². The first-order valence-corrected chi connectivity index (χ1v) is 9.57. The van der Waals surface area contributed by atoms with Crippen molar-refractivity contribution in [1.29, 1.82) is 0 Å². The number of carbonyl (C=O) groups excluding carboxylic acids is 1. The van der Waals surface area contributed by atoms with Gasteiger partial charge in [0.15, 0.2) is 5.65 Å². The third-order valence-electron chi connectivity index (χ3n) is 5.07. The van der Waals surface area contributed by atoms with Gasteiger partial charge in [-0.3, -0.25) is 9.59 Å². The zero-order valence-electron chi connectivity index (χ0n) is 16.6. The maximum absolute atomic E-state index is 12.8. The molecule has 0 bridgehead atoms. The molecule has 0 fully saturated rings. The van der Waals surface area contributed by atoms with Crippen LogP contribution in [0.2, 0.25) is 0 Å². The molecule has 0 saturated heterocycles. The minimum absolute atomic E-state index is 0.141. The third kappa shape index (κ3) is 3.31. The number of anilines is 1. The van der Waals surface area contributed by atoms with Crippen LogP contribution in [-0.2, 0) is 11.3 Å². The first-order valence-electron chi connectivity index (χ1n) is 9.57. The highest BCUT2D eigenvalue weighted by Crippen LogP contribution is 2.24. The summed E-state index contributed by atoms with van der Waals surface area (Å²) < 4.78 is 8.67. The fourth-order valence-electron chi connectivity index (χ4n) is 3.58. The number of methoxy groups -OCH3 is 1. The Hall–Kier alpha value is -4.40. The van der Waals surface area contributed by atoms with Gasteiger partial charge in [0, 0.05) is 17.1 Å². The van der Waals surface area contributed by atoms with Crippen molar-refractivity contribution >= 4 is 33.5 Å². The molecule has 3 aromatic heterocycles. The Kier molecular flexibility index (Phi) is 4.47. The van der Waals surface area contributed by atoms with Crippen LogP contribution in [0.4, 0.5) is 5.69 Å². The van der Waals surface area contributed by atoms with Gasteiger partial charge in [0.05, 0.1) is 31.0 Å². The van der Waals surface area contributed by atoms with E-state index in [9.17, 15) is 9.59 Å². The second kappa shape index (κ2) is 7.45. The molecule has 5 rings (SSSR count). The second-order valence-corrected chi connectivity index (χ2v) is 6.96. The van der Waals surface area contributed by atoms with Crippen molar-refractivity contribution in [3.63, 3.8) is 0 Å². The van der Waals surface area contributed by atoms with Gasteiger partial charge in [0.1, 0.15) is 17.7 Å². The van der Waals surface area contributed by atoms with Crippen molar-refractivity contribution in [3.05, 3.63) is 77.6 Å². The molecule has 0 atom stereocenters. The van der Waals surface area contributed by atoms with Crippen LogP contribution in [0.5, 0.6) is 5.75 Å². The van der Waals surface area contributed by atoms with Crippen LogP contribution < -0.4 is 15.6 Å². The lowest BCUT2D eigenvalue weighted by Crippen LogP contribution is -2.19. The van der Waals surface area contributed by atoms with Gasteiger partial charge in [0.2, 0.25) is 5.91 Å². The van der Waals surface area contributed by atoms with Crippen LogP contribution in [0, 0.1) is 0 Å². The summed E-state index contributed by atoms with van der Waals surface area (Å²) in [6, 6.07) is 14.9. The molecule has 31 heavy (non-hydrogen) atoms. The molecule has 154 valence electrons. The largest absolute Gasteiger partial charge is 0.497 e. The number of fused-ring (bicyclic) bond motifs is 2. The van der Waals surface area contributed by atoms with E-state index in [0.717, 1.165) is 16.7 Å². The summed E-state index contributed by atoms with van der Waals surface area (Å²) in [6.07, 6.45) is 4.66. The van der Waals surface area contributed by atoms with Crippen molar-refractivity contribution in [2.75, 3.05) is 12.4 Å². The molecule has 0 saturated carbocycles. The van der Waals surface area contributed by atoms with E-state index in [1.54, 1.807) is 13.2 Å². The Bertz CT molecular complexity index is 1480. The number of aromatic nitrogens is 5. The normalized spacial score (nSPS) is 11.1. The van der Waals surface area contributed by atoms with Gasteiger partial charge in [-0.05, 0) is 36.4 Å². The molecular weight excluding hydrogens is 396 g/mol. The number of rotatable bonds is 5. The Morgan fingerprint density at radius 1 is 1.19 bits per heavy atom. The summed E-state index contributed by atoms with van der Waals surface area (Å²) in [5.74, 6) is 0.575. The quantitative estimate of drug-likeness (QED) is 0.460. The lowest BCUT2D eigenvalue weighted by atomic mass is 10.2. The molecular formula is C22H18N6O3. The van der Waals surface area contributed by atoms with Gasteiger partial charge in [0.25, 0.3) is 5.56 Å². The lowest BCUT2D eigenvalue weighted by Gasteiger charge is -2.12. The minimum Gasteiger partial charge on any atom is -0.497 e. The number of hydrogen-bond donors (Lipinski definition) is 2. The predicted octanol–water partition coefficient (Wildman–Crippen LogP) is 2.71. The van der Waals surface area contributed by atoms with Crippen LogP contribution in [-0.4, -0.2) is 37.3 Å². The minimum atomic E-state index is -0.270. The van der Waals surface area contributed by atoms with Crippen LogP contribution in [0.15, 0.2) is 72.0 Å². The van der Waals surface area contributed by atoms with Gasteiger partial charge < -0.3 is 19.6 Å². The molecule has 2 aromatic carbocycles. The van der Waals surface area contributed by atoms with Crippen molar-refractivity contribution < 1.29 is 9.53 Å². The molecule has 9 heteroatoms. The van der Waals surface area contributed by atoms with Gasteiger partial charge in [-0.15, -0.1) is 0 Å². The monoisotopic (exact) mass is 414 g/mol. The van der Waals surface area contributed by atoms with E-state index < -0.39 is 0 Å². The van der Waals surface area contributed by atoms with Gasteiger partial charge in [-0.25, -0.2) is 9.67 Å². The molecule has 0 aliphatic rings. The zero-order chi connectivity index (χ0) is 21.4. The number of aromatic amines is 1. The lowest BCUT2D eigenvalue weighted by molar-refractivity contribution is -0.116. The van der Waals surface area contributed by atoms with Crippen molar-refractivity contribution in [2.24, 2.45) is 0 Å². The van der Waals surface area contributed by atoms with Crippen molar-refractivity contribution in [1.82, 2.24) is 24.3 Å². The van der Waals surface area contributed by atoms with E-state index >= 15 is 0 Å². The summed E-state index contributed by atoms with van der Waals surface area (Å²) in [5.41, 5.74) is 2.26. The van der Waals surface area contributed by atoms with Crippen LogP contribution in [0.1, 0.15) is 0 Å². The van der Waals surface area contributed by atoms with Crippen LogP contribution >= 0.6 is 0 Å². The first-order chi connectivity index (χ1) is 15.1. The number of ether oxygens (including phenoxy) is 1. The van der Waals surface area contributed by atoms with Gasteiger partial charge >= 0.3 is 0 Å². The smallest absolute Gasteiger partial charge is 0.261 e. The third-order valence-corrected chi connectivity index (χ3v) is 5.07. The Morgan fingerprint density at radius 2 is 2.06 bits per heavy atom. The molecule has 3 heterocycles. The number of carbonyl (C=O) groups is 1. The van der Waals surface area contributed by atoms with Gasteiger partial charge in [-0.1, -0.05) is 12.1 Å². The first kappa shape index (κ1) is 18.6. The molecule has 0 spiro atoms. The predicted molar refractivity (Wildman–Crippen MR) is 117 cm³/mol. The fourth-order valence-corrected chi connectivity index (χ4v) is 3.58. The molecule has 0 radical (unpaired) electrons. The number of benzene rings is 2. The number of hydrogen-bond acceptors (Lipinski definition) is 5. The summed E-state index contributed by atoms with van der Waals surface area (Å²) in [5, 5.41) is 8.60. The number of amides is 1. The van der Waals surface area contributed by atoms with E-state index in [1.165, 1.54) is 17.2 Å². The Balaban J connectivity index is 1.44. The highest BCUT2D eigenvalue weighted by molar-refractivity contribution is 5.94. The molecule has 0 aliphatic carbocycles. The molecule has 1 amide bonds. The molecule has 0 unspecified atom stereocenters. The van der Waals surface area contributed by atoms with Crippen molar-refractivity contribution in [3.8, 4) is 11.4 Å². The molecule has 9 nitrogen and oxygen atoms in total. The summed E-state index contributed by atoms with van der Waals surface area (Å²) >= 11 is 0. The number of para-hydroxylation sites is 2. The summed E-state index contributed by atoms with van der Waals surface area (Å²) in [7, 11) is 1.62. The zero-order valence-corrected chi connectivity index (χ0v) is 16.6. The van der Waals surface area contributed by atoms with Gasteiger partial charge in [-0.2, -0.15) is 5.10 Å². The standard InChI is InChI=1S/C22H18N6O3/c1-31-15-6-7-18-14(10-15)8-9-27(18)12-20(29)26-17-4-2-3-5-19(17)28-21-16(11-25-28)22(30)24-13-23-21/h2-11,13H,12H2,1H3,(H,26,29)(H,23,24,30). The fraction of sp³-hybridized carbons (Fsp3) is 0.0909. The average molecular weight is 414 g/mol. The number of H-pyrrole nitrogens is 1. The molecule has 5 aromatic rings. The Morgan fingerprint density at radius 3 is 2.94 bits per heavy atom. The maximum atomic E-state index is 12.8. The van der Waals surface area contributed by atoms with Crippen molar-refractivity contribution in [2.45, 2.75) is 6.54 Å². The highest BCUT2D eigenvalue weighted by atomic mass is 16.5. The molecule has 0 aliphatic heterocycles.